The van der Waals surface area contributed by atoms with Crippen LogP contribution in [0, 0.1) is 0 Å². The third-order valence-corrected chi connectivity index (χ3v) is 2.59. The Morgan fingerprint density at radius 1 is 1.33 bits per heavy atom. The van der Waals surface area contributed by atoms with E-state index in [-0.39, 0.29) is 12.0 Å². The Bertz CT molecular complexity index is 363. The molecular formula is C14H21NO2S. The number of amides is 1. The number of carbonyl (C=O) groups excluding carboxylic acids is 1. The molecule has 0 bridgehead atoms. The average molecular weight is 267 g/mol. The maximum atomic E-state index is 11.2. The molecule has 1 amide bonds. The summed E-state index contributed by atoms with van der Waals surface area (Å²) >= 11 is 4.02. The molecule has 1 N–H and O–H groups in total. The monoisotopic (exact) mass is 267 g/mol. The number of hydrogen-bond acceptors (Lipinski definition) is 3. The topological polar surface area (TPSA) is 38.3 Å². The van der Waals surface area contributed by atoms with Crippen molar-refractivity contribution in [2.24, 2.45) is 0 Å². The van der Waals surface area contributed by atoms with Crippen molar-refractivity contribution in [1.29, 1.82) is 0 Å². The number of thiol groups is 1. The quantitative estimate of drug-likeness (QED) is 0.745. The van der Waals surface area contributed by atoms with Gasteiger partial charge in [-0.2, -0.15) is 12.6 Å². The van der Waals surface area contributed by atoms with Gasteiger partial charge in [-0.15, -0.1) is 0 Å². The summed E-state index contributed by atoms with van der Waals surface area (Å²) in [5, 5.41) is 2.86. The van der Waals surface area contributed by atoms with E-state index in [9.17, 15) is 4.79 Å². The van der Waals surface area contributed by atoms with E-state index < -0.39 is 0 Å². The van der Waals surface area contributed by atoms with Crippen molar-refractivity contribution in [3.63, 3.8) is 0 Å². The predicted octanol–water partition coefficient (Wildman–Crippen LogP) is 2.45. The number of ether oxygens (including phenoxy) is 1. The molecule has 1 rings (SSSR count). The molecule has 0 saturated carbocycles. The third kappa shape index (κ3) is 5.96. The van der Waals surface area contributed by atoms with Crippen LogP contribution in [0.4, 0.5) is 0 Å². The summed E-state index contributed by atoms with van der Waals surface area (Å²) in [6.45, 7) is 4.67. The van der Waals surface area contributed by atoms with Crippen LogP contribution in [-0.2, 0) is 11.2 Å². The van der Waals surface area contributed by atoms with Gasteiger partial charge in [0.2, 0.25) is 5.91 Å². The molecule has 0 radical (unpaired) electrons. The molecule has 0 spiro atoms. The molecule has 0 saturated heterocycles. The van der Waals surface area contributed by atoms with Crippen molar-refractivity contribution in [1.82, 2.24) is 5.32 Å². The summed E-state index contributed by atoms with van der Waals surface area (Å²) in [5.41, 5.74) is 1.19. The lowest BCUT2D eigenvalue weighted by atomic mass is 10.1. The summed E-state index contributed by atoms with van der Waals surface area (Å²) in [4.78, 5) is 11.2. The molecule has 100 valence electrons. The van der Waals surface area contributed by atoms with Crippen LogP contribution in [0.1, 0.15) is 25.8 Å². The maximum Gasteiger partial charge on any atom is 0.220 e. The number of nitrogens with one attached hydrogen (secondary N) is 1. The highest BCUT2D eigenvalue weighted by Gasteiger charge is 2.00. The Morgan fingerprint density at radius 3 is 2.56 bits per heavy atom. The van der Waals surface area contributed by atoms with Gasteiger partial charge in [-0.3, -0.25) is 4.79 Å². The van der Waals surface area contributed by atoms with Crippen molar-refractivity contribution in [3.8, 4) is 5.75 Å². The fourth-order valence-electron chi connectivity index (χ4n) is 1.54. The van der Waals surface area contributed by atoms with Crippen LogP contribution >= 0.6 is 12.6 Å². The molecule has 0 aliphatic rings. The molecule has 1 aromatic carbocycles. The van der Waals surface area contributed by atoms with Gasteiger partial charge >= 0.3 is 0 Å². The summed E-state index contributed by atoms with van der Waals surface area (Å²) in [7, 11) is 0. The van der Waals surface area contributed by atoms with Gasteiger partial charge in [-0.1, -0.05) is 12.1 Å². The van der Waals surface area contributed by atoms with Crippen molar-refractivity contribution in [3.05, 3.63) is 29.8 Å². The van der Waals surface area contributed by atoms with Crippen LogP contribution < -0.4 is 10.1 Å². The molecule has 0 aliphatic heterocycles. The van der Waals surface area contributed by atoms with Crippen molar-refractivity contribution in [2.45, 2.75) is 32.8 Å². The van der Waals surface area contributed by atoms with Gasteiger partial charge < -0.3 is 10.1 Å². The fraction of sp³-hybridized carbons (Fsp3) is 0.500. The first kappa shape index (κ1) is 14.9. The minimum absolute atomic E-state index is 0.0600. The third-order valence-electron chi connectivity index (χ3n) is 2.37. The molecular weight excluding hydrogens is 246 g/mol. The molecule has 1 aromatic rings. The van der Waals surface area contributed by atoms with Gasteiger partial charge in [0.25, 0.3) is 0 Å². The second kappa shape index (κ2) is 8.03. The molecule has 0 fully saturated rings. The standard InChI is InChI=1S/C14H21NO2S/c1-11(2)17-13-5-3-12(4-6-13)7-9-15-14(16)8-10-18/h3-6,11,18H,7-10H2,1-2H3,(H,15,16). The zero-order valence-electron chi connectivity index (χ0n) is 11.0. The zero-order valence-corrected chi connectivity index (χ0v) is 11.9. The van der Waals surface area contributed by atoms with Crippen LogP contribution in [0.15, 0.2) is 24.3 Å². The summed E-state index contributed by atoms with van der Waals surface area (Å²) in [5.74, 6) is 1.53. The molecule has 0 atom stereocenters. The fourth-order valence-corrected chi connectivity index (χ4v) is 1.75. The Hall–Kier alpha value is -1.16. The molecule has 0 aromatic heterocycles. The largest absolute Gasteiger partial charge is 0.491 e. The Balaban J connectivity index is 2.33. The SMILES string of the molecule is CC(C)Oc1ccc(CCNC(=O)CCS)cc1. The van der Waals surface area contributed by atoms with Crippen LogP contribution in [0.2, 0.25) is 0 Å². The van der Waals surface area contributed by atoms with Crippen molar-refractivity contribution >= 4 is 18.5 Å². The van der Waals surface area contributed by atoms with E-state index in [2.05, 4.69) is 17.9 Å². The molecule has 18 heavy (non-hydrogen) atoms. The average Bonchev–Trinajstić information content (AvgIpc) is 2.31. The molecule has 0 unspecified atom stereocenters. The Labute approximate surface area is 114 Å². The minimum Gasteiger partial charge on any atom is -0.491 e. The lowest BCUT2D eigenvalue weighted by Gasteiger charge is -2.10. The van der Waals surface area contributed by atoms with Gasteiger partial charge in [-0.05, 0) is 43.7 Å². The highest BCUT2D eigenvalue weighted by atomic mass is 32.1. The summed E-state index contributed by atoms with van der Waals surface area (Å²) in [6, 6.07) is 7.99. The van der Waals surface area contributed by atoms with Gasteiger partial charge in [0, 0.05) is 13.0 Å². The number of benzene rings is 1. The maximum absolute atomic E-state index is 11.2. The normalized spacial score (nSPS) is 10.4. The number of hydrogen-bond donors (Lipinski definition) is 2. The van der Waals surface area contributed by atoms with E-state index in [1.807, 2.05) is 38.1 Å². The highest BCUT2D eigenvalue weighted by molar-refractivity contribution is 7.80. The van der Waals surface area contributed by atoms with Gasteiger partial charge in [0.15, 0.2) is 0 Å². The van der Waals surface area contributed by atoms with E-state index in [1.165, 1.54) is 5.56 Å². The van der Waals surface area contributed by atoms with Crippen LogP contribution in [0.3, 0.4) is 0 Å². The lowest BCUT2D eigenvalue weighted by molar-refractivity contribution is -0.120. The Morgan fingerprint density at radius 2 is 2.00 bits per heavy atom. The van der Waals surface area contributed by atoms with Crippen LogP contribution in [0.5, 0.6) is 5.75 Å². The summed E-state index contributed by atoms with van der Waals surface area (Å²) in [6.07, 6.45) is 1.50. The molecule has 4 heteroatoms. The second-order valence-electron chi connectivity index (χ2n) is 4.38. The van der Waals surface area contributed by atoms with E-state index in [4.69, 9.17) is 4.74 Å². The smallest absolute Gasteiger partial charge is 0.220 e. The Kier molecular flexibility index (Phi) is 6.65. The lowest BCUT2D eigenvalue weighted by Crippen LogP contribution is -2.25. The van der Waals surface area contributed by atoms with E-state index in [1.54, 1.807) is 0 Å². The van der Waals surface area contributed by atoms with Crippen LogP contribution in [0.25, 0.3) is 0 Å². The number of rotatable bonds is 7. The van der Waals surface area contributed by atoms with E-state index in [0.29, 0.717) is 18.7 Å². The summed E-state index contributed by atoms with van der Waals surface area (Å²) < 4.78 is 5.57. The highest BCUT2D eigenvalue weighted by Crippen LogP contribution is 2.13. The van der Waals surface area contributed by atoms with Gasteiger partial charge in [-0.25, -0.2) is 0 Å². The first-order chi connectivity index (χ1) is 8.61. The zero-order chi connectivity index (χ0) is 13.4. The van der Waals surface area contributed by atoms with Crippen molar-refractivity contribution < 1.29 is 9.53 Å². The van der Waals surface area contributed by atoms with Crippen LogP contribution in [-0.4, -0.2) is 24.3 Å². The minimum atomic E-state index is 0.0600. The first-order valence-corrected chi connectivity index (χ1v) is 6.88. The van der Waals surface area contributed by atoms with E-state index in [0.717, 1.165) is 12.2 Å². The van der Waals surface area contributed by atoms with Gasteiger partial charge in [0.1, 0.15) is 5.75 Å². The van der Waals surface area contributed by atoms with Gasteiger partial charge in [0.05, 0.1) is 6.10 Å². The van der Waals surface area contributed by atoms with Crippen molar-refractivity contribution in [2.75, 3.05) is 12.3 Å². The predicted molar refractivity (Wildman–Crippen MR) is 77.4 cm³/mol. The molecule has 0 heterocycles. The number of carbonyl (C=O) groups is 1. The second-order valence-corrected chi connectivity index (χ2v) is 4.83. The first-order valence-electron chi connectivity index (χ1n) is 6.25. The van der Waals surface area contributed by atoms with E-state index >= 15 is 0 Å². The molecule has 0 aliphatic carbocycles. The molecule has 3 nitrogen and oxygen atoms in total.